The van der Waals surface area contributed by atoms with Crippen LogP contribution in [0.4, 0.5) is 5.82 Å². The maximum atomic E-state index is 9.66. The van der Waals surface area contributed by atoms with Crippen LogP contribution in [-0.2, 0) is 0 Å². The third kappa shape index (κ3) is 2.25. The van der Waals surface area contributed by atoms with E-state index in [1.165, 1.54) is 0 Å². The minimum atomic E-state index is -0.155. The van der Waals surface area contributed by atoms with Gasteiger partial charge in [0.05, 0.1) is 11.1 Å². The molecule has 0 saturated carbocycles. The predicted molar refractivity (Wildman–Crippen MR) is 67.4 cm³/mol. The fourth-order valence-corrected chi connectivity index (χ4v) is 2.89. The van der Waals surface area contributed by atoms with Gasteiger partial charge in [-0.15, -0.1) is 0 Å². The molecule has 0 radical (unpaired) electrons. The number of nitrogens with zero attached hydrogens (tertiary/aromatic N) is 3. The summed E-state index contributed by atoms with van der Waals surface area (Å²) in [6.07, 6.45) is 2.41. The lowest BCUT2D eigenvalue weighted by Gasteiger charge is -2.37. The molecule has 92 valence electrons. The lowest BCUT2D eigenvalue weighted by atomic mass is 10.1. The molecule has 2 atom stereocenters. The van der Waals surface area contributed by atoms with Crippen molar-refractivity contribution in [3.05, 3.63) is 23.4 Å². The third-order valence-electron chi connectivity index (χ3n) is 3.63. The van der Waals surface area contributed by atoms with Crippen molar-refractivity contribution >= 4 is 17.4 Å². The molecule has 1 N–H and O–H groups in total. The van der Waals surface area contributed by atoms with Gasteiger partial charge in [0.15, 0.2) is 0 Å². The molecule has 0 amide bonds. The highest BCUT2D eigenvalue weighted by Crippen LogP contribution is 2.25. The molecule has 2 fully saturated rings. The minimum Gasteiger partial charge on any atom is -0.392 e. The Hall–Kier alpha value is -0.840. The summed E-state index contributed by atoms with van der Waals surface area (Å²) in [5.74, 6) is 0.982. The van der Waals surface area contributed by atoms with Crippen molar-refractivity contribution in [2.45, 2.75) is 18.6 Å². The van der Waals surface area contributed by atoms with Gasteiger partial charge in [-0.3, -0.25) is 4.90 Å². The molecule has 2 saturated heterocycles. The van der Waals surface area contributed by atoms with Crippen LogP contribution in [0.15, 0.2) is 18.3 Å². The number of aliphatic hydroxyl groups is 1. The zero-order valence-corrected chi connectivity index (χ0v) is 10.3. The topological polar surface area (TPSA) is 39.6 Å². The fourth-order valence-electron chi connectivity index (χ4n) is 2.78. The second kappa shape index (κ2) is 4.44. The number of rotatable bonds is 1. The van der Waals surface area contributed by atoms with Gasteiger partial charge < -0.3 is 10.0 Å². The molecule has 0 aliphatic carbocycles. The Morgan fingerprint density at radius 3 is 2.94 bits per heavy atom. The van der Waals surface area contributed by atoms with Crippen molar-refractivity contribution in [1.29, 1.82) is 0 Å². The Morgan fingerprint density at radius 1 is 1.29 bits per heavy atom. The van der Waals surface area contributed by atoms with E-state index in [4.69, 9.17) is 11.6 Å². The second-order valence-corrected chi connectivity index (χ2v) is 5.26. The first-order chi connectivity index (χ1) is 8.22. The fraction of sp³-hybridized carbons (Fsp3) is 0.583. The molecule has 17 heavy (non-hydrogen) atoms. The molecule has 0 aromatic carbocycles. The summed E-state index contributed by atoms with van der Waals surface area (Å²) < 4.78 is 0. The van der Waals surface area contributed by atoms with Gasteiger partial charge in [0.25, 0.3) is 0 Å². The quantitative estimate of drug-likeness (QED) is 0.810. The standard InChI is InChI=1S/C12H16ClN3O/c13-9-1-2-12(14-6-9)16-4-3-15-8-11(17)5-10(15)7-16/h1-2,6,10-11,17H,3-5,7-8H2/t10-,11-/m0/s1. The van der Waals surface area contributed by atoms with Crippen molar-refractivity contribution < 1.29 is 5.11 Å². The summed E-state index contributed by atoms with van der Waals surface area (Å²) in [6, 6.07) is 4.31. The molecule has 3 rings (SSSR count). The van der Waals surface area contributed by atoms with Gasteiger partial charge in [0.2, 0.25) is 0 Å². The Kier molecular flexibility index (Phi) is 2.94. The number of aromatic nitrogens is 1. The van der Waals surface area contributed by atoms with Gasteiger partial charge >= 0.3 is 0 Å². The van der Waals surface area contributed by atoms with Crippen LogP contribution >= 0.6 is 11.6 Å². The molecule has 3 heterocycles. The number of hydrogen-bond donors (Lipinski definition) is 1. The van der Waals surface area contributed by atoms with E-state index in [0.29, 0.717) is 11.1 Å². The molecule has 5 heteroatoms. The van der Waals surface area contributed by atoms with Crippen LogP contribution in [0.3, 0.4) is 0 Å². The van der Waals surface area contributed by atoms with Gasteiger partial charge in [0.1, 0.15) is 5.82 Å². The zero-order chi connectivity index (χ0) is 11.8. The second-order valence-electron chi connectivity index (χ2n) is 4.82. The smallest absolute Gasteiger partial charge is 0.128 e. The monoisotopic (exact) mass is 253 g/mol. The van der Waals surface area contributed by atoms with Crippen molar-refractivity contribution in [1.82, 2.24) is 9.88 Å². The number of aliphatic hydroxyl groups excluding tert-OH is 1. The van der Waals surface area contributed by atoms with Crippen LogP contribution in [0.5, 0.6) is 0 Å². The van der Waals surface area contributed by atoms with Crippen LogP contribution in [-0.4, -0.2) is 53.3 Å². The average molecular weight is 254 g/mol. The lowest BCUT2D eigenvalue weighted by molar-refractivity contribution is 0.173. The first-order valence-electron chi connectivity index (χ1n) is 6.01. The third-order valence-corrected chi connectivity index (χ3v) is 3.85. The van der Waals surface area contributed by atoms with E-state index in [1.54, 1.807) is 6.20 Å². The minimum absolute atomic E-state index is 0.155. The predicted octanol–water partition coefficient (Wildman–Crippen LogP) is 0.990. The first kappa shape index (κ1) is 11.3. The highest BCUT2D eigenvalue weighted by atomic mass is 35.5. The van der Waals surface area contributed by atoms with Crippen LogP contribution in [0, 0.1) is 0 Å². The molecule has 2 aliphatic heterocycles. The first-order valence-corrected chi connectivity index (χ1v) is 6.39. The highest BCUT2D eigenvalue weighted by molar-refractivity contribution is 6.30. The van der Waals surface area contributed by atoms with Gasteiger partial charge in [0, 0.05) is 38.4 Å². The maximum Gasteiger partial charge on any atom is 0.128 e. The van der Waals surface area contributed by atoms with E-state index in [-0.39, 0.29) is 6.10 Å². The van der Waals surface area contributed by atoms with E-state index in [1.807, 2.05) is 12.1 Å². The summed E-state index contributed by atoms with van der Waals surface area (Å²) >= 11 is 5.84. The molecule has 0 bridgehead atoms. The molecular formula is C12H16ClN3O. The van der Waals surface area contributed by atoms with Gasteiger partial charge in [-0.2, -0.15) is 0 Å². The van der Waals surface area contributed by atoms with Gasteiger partial charge in [-0.25, -0.2) is 4.98 Å². The van der Waals surface area contributed by atoms with Crippen LogP contribution in [0.25, 0.3) is 0 Å². The number of fused-ring (bicyclic) bond motifs is 1. The Bertz CT molecular complexity index is 397. The summed E-state index contributed by atoms with van der Waals surface area (Å²) in [6.45, 7) is 3.75. The Labute approximate surface area is 106 Å². The average Bonchev–Trinajstić information content (AvgIpc) is 2.69. The van der Waals surface area contributed by atoms with Crippen molar-refractivity contribution in [2.24, 2.45) is 0 Å². The molecule has 2 aliphatic rings. The Morgan fingerprint density at radius 2 is 2.18 bits per heavy atom. The molecular weight excluding hydrogens is 238 g/mol. The van der Waals surface area contributed by atoms with E-state index in [9.17, 15) is 5.11 Å². The van der Waals surface area contributed by atoms with Crippen LogP contribution in [0.2, 0.25) is 5.02 Å². The number of anilines is 1. The molecule has 1 aromatic rings. The van der Waals surface area contributed by atoms with E-state index in [2.05, 4.69) is 14.8 Å². The molecule has 4 nitrogen and oxygen atoms in total. The lowest BCUT2D eigenvalue weighted by Crippen LogP contribution is -2.50. The summed E-state index contributed by atoms with van der Waals surface area (Å²) in [4.78, 5) is 8.99. The van der Waals surface area contributed by atoms with Gasteiger partial charge in [-0.05, 0) is 18.6 Å². The molecule has 0 spiro atoms. The highest BCUT2D eigenvalue weighted by Gasteiger charge is 2.35. The number of hydrogen-bond acceptors (Lipinski definition) is 4. The summed E-state index contributed by atoms with van der Waals surface area (Å²) in [5, 5.41) is 10.3. The normalized spacial score (nSPS) is 29.4. The van der Waals surface area contributed by atoms with E-state index >= 15 is 0 Å². The van der Waals surface area contributed by atoms with Gasteiger partial charge in [-0.1, -0.05) is 11.6 Å². The SMILES string of the molecule is O[C@H]1C[C@H]2CN(c3ccc(Cl)cn3)CCN2C1. The molecule has 0 unspecified atom stereocenters. The van der Waals surface area contributed by atoms with E-state index in [0.717, 1.165) is 38.4 Å². The van der Waals surface area contributed by atoms with Crippen LogP contribution < -0.4 is 4.90 Å². The number of pyridine rings is 1. The van der Waals surface area contributed by atoms with Crippen molar-refractivity contribution in [2.75, 3.05) is 31.1 Å². The number of piperazine rings is 1. The van der Waals surface area contributed by atoms with Crippen molar-refractivity contribution in [3.63, 3.8) is 0 Å². The van der Waals surface area contributed by atoms with E-state index < -0.39 is 0 Å². The van der Waals surface area contributed by atoms with Crippen LogP contribution in [0.1, 0.15) is 6.42 Å². The summed E-state index contributed by atoms with van der Waals surface area (Å²) in [7, 11) is 0. The largest absolute Gasteiger partial charge is 0.392 e. The number of halogens is 1. The molecule has 1 aromatic heterocycles. The van der Waals surface area contributed by atoms with Crippen molar-refractivity contribution in [3.8, 4) is 0 Å². The summed E-state index contributed by atoms with van der Waals surface area (Å²) in [5.41, 5.74) is 0. The maximum absolute atomic E-state index is 9.66. The Balaban J connectivity index is 1.72. The zero-order valence-electron chi connectivity index (χ0n) is 9.59.